The van der Waals surface area contributed by atoms with Crippen LogP contribution in [0.25, 0.3) is 0 Å². The summed E-state index contributed by atoms with van der Waals surface area (Å²) in [5.74, 6) is 1.32. The predicted octanol–water partition coefficient (Wildman–Crippen LogP) is 1.54. The van der Waals surface area contributed by atoms with E-state index in [9.17, 15) is 4.79 Å². The lowest BCUT2D eigenvalue weighted by Crippen LogP contribution is -2.47. The number of para-hydroxylation sites is 1. The molecule has 2 aliphatic rings. The van der Waals surface area contributed by atoms with Crippen LogP contribution in [-0.4, -0.2) is 56.8 Å². The second kappa shape index (κ2) is 7.11. The number of nitrogens with one attached hydrogen (secondary N) is 1. The Hall–Kier alpha value is -1.59. The predicted molar refractivity (Wildman–Crippen MR) is 84.2 cm³/mol. The minimum Gasteiger partial charge on any atom is -0.496 e. The molecule has 0 aromatic heterocycles. The Labute approximate surface area is 131 Å². The summed E-state index contributed by atoms with van der Waals surface area (Å²) in [5, 5.41) is 3.32. The number of carbonyl (C=O) groups excluding carboxylic acids is 1. The van der Waals surface area contributed by atoms with Crippen LogP contribution in [0.15, 0.2) is 24.3 Å². The van der Waals surface area contributed by atoms with Gasteiger partial charge >= 0.3 is 0 Å². The van der Waals surface area contributed by atoms with E-state index >= 15 is 0 Å². The van der Waals surface area contributed by atoms with Crippen molar-refractivity contribution in [2.75, 3.05) is 39.9 Å². The van der Waals surface area contributed by atoms with Gasteiger partial charge in [-0.3, -0.25) is 4.79 Å². The first-order valence-corrected chi connectivity index (χ1v) is 8.02. The van der Waals surface area contributed by atoms with Gasteiger partial charge in [-0.2, -0.15) is 0 Å². The summed E-state index contributed by atoms with van der Waals surface area (Å²) in [6.45, 7) is 3.86. The van der Waals surface area contributed by atoms with Crippen molar-refractivity contribution in [1.82, 2.24) is 10.2 Å². The molecule has 1 aliphatic carbocycles. The molecular weight excluding hydrogens is 280 g/mol. The van der Waals surface area contributed by atoms with Crippen LogP contribution in [-0.2, 0) is 4.74 Å². The first kappa shape index (κ1) is 15.3. The van der Waals surface area contributed by atoms with Gasteiger partial charge in [0.2, 0.25) is 0 Å². The second-order valence-electron chi connectivity index (χ2n) is 6.05. The third-order valence-electron chi connectivity index (χ3n) is 4.23. The van der Waals surface area contributed by atoms with Crippen molar-refractivity contribution in [2.45, 2.75) is 18.9 Å². The summed E-state index contributed by atoms with van der Waals surface area (Å²) in [6.07, 6.45) is 2.52. The highest BCUT2D eigenvalue weighted by Crippen LogP contribution is 2.31. The van der Waals surface area contributed by atoms with Crippen molar-refractivity contribution < 1.29 is 14.3 Å². The van der Waals surface area contributed by atoms with E-state index in [2.05, 4.69) is 5.32 Å². The number of benzene rings is 1. The third-order valence-corrected chi connectivity index (χ3v) is 4.23. The smallest absolute Gasteiger partial charge is 0.257 e. The molecule has 1 heterocycles. The maximum Gasteiger partial charge on any atom is 0.257 e. The highest BCUT2D eigenvalue weighted by atomic mass is 16.5. The molecule has 5 nitrogen and oxygen atoms in total. The molecule has 0 spiro atoms. The molecule has 0 bridgehead atoms. The Balaban J connectivity index is 1.73. The lowest BCUT2D eigenvalue weighted by Gasteiger charge is -2.30. The quantitative estimate of drug-likeness (QED) is 0.866. The maximum atomic E-state index is 12.9. The molecule has 1 saturated carbocycles. The van der Waals surface area contributed by atoms with Crippen molar-refractivity contribution in [3.63, 3.8) is 0 Å². The average molecular weight is 304 g/mol. The SMILES string of the molecule is COc1ccccc1C(=O)N(CC1CC1)CC1CNCCO1. The number of hydrogen-bond donors (Lipinski definition) is 1. The number of methoxy groups -OCH3 is 1. The Bertz CT molecular complexity index is 510. The van der Waals surface area contributed by atoms with Crippen molar-refractivity contribution in [3.8, 4) is 5.75 Å². The minimum absolute atomic E-state index is 0.0403. The molecule has 1 aromatic carbocycles. The highest BCUT2D eigenvalue weighted by molar-refractivity contribution is 5.97. The zero-order chi connectivity index (χ0) is 15.4. The number of nitrogens with zero attached hydrogens (tertiary/aromatic N) is 1. The number of hydrogen-bond acceptors (Lipinski definition) is 4. The normalized spacial score (nSPS) is 21.4. The number of rotatable bonds is 6. The average Bonchev–Trinajstić information content (AvgIpc) is 3.38. The minimum atomic E-state index is 0.0403. The van der Waals surface area contributed by atoms with Crippen LogP contribution >= 0.6 is 0 Å². The summed E-state index contributed by atoms with van der Waals surface area (Å²) in [7, 11) is 1.60. The van der Waals surface area contributed by atoms with Crippen molar-refractivity contribution >= 4 is 5.91 Å². The van der Waals surface area contributed by atoms with Gasteiger partial charge in [-0.05, 0) is 30.9 Å². The van der Waals surface area contributed by atoms with Crippen LogP contribution in [0.2, 0.25) is 0 Å². The molecule has 3 rings (SSSR count). The molecule has 5 heteroatoms. The summed E-state index contributed by atoms with van der Waals surface area (Å²) < 4.78 is 11.1. The van der Waals surface area contributed by atoms with E-state index in [1.165, 1.54) is 12.8 Å². The summed E-state index contributed by atoms with van der Waals surface area (Å²) in [4.78, 5) is 14.9. The van der Waals surface area contributed by atoms with Gasteiger partial charge in [-0.25, -0.2) is 0 Å². The Morgan fingerprint density at radius 3 is 2.86 bits per heavy atom. The summed E-state index contributed by atoms with van der Waals surface area (Å²) in [6, 6.07) is 7.43. The first-order chi connectivity index (χ1) is 10.8. The molecule has 1 aliphatic heterocycles. The van der Waals surface area contributed by atoms with Gasteiger partial charge in [-0.1, -0.05) is 12.1 Å². The Morgan fingerprint density at radius 2 is 2.18 bits per heavy atom. The van der Waals surface area contributed by atoms with E-state index in [4.69, 9.17) is 9.47 Å². The number of amides is 1. The maximum absolute atomic E-state index is 12.9. The van der Waals surface area contributed by atoms with Gasteiger partial charge < -0.3 is 19.7 Å². The van der Waals surface area contributed by atoms with Gasteiger partial charge in [0.05, 0.1) is 25.4 Å². The van der Waals surface area contributed by atoms with Crippen LogP contribution in [0.1, 0.15) is 23.2 Å². The standard InChI is InChI=1S/C17H24N2O3/c1-21-16-5-3-2-4-15(16)17(20)19(11-13-6-7-13)12-14-10-18-8-9-22-14/h2-5,13-14,18H,6-12H2,1H3. The van der Waals surface area contributed by atoms with Gasteiger partial charge in [0.25, 0.3) is 5.91 Å². The first-order valence-electron chi connectivity index (χ1n) is 8.02. The molecule has 0 radical (unpaired) electrons. The van der Waals surface area contributed by atoms with E-state index in [1.54, 1.807) is 7.11 Å². The number of carbonyl (C=O) groups is 1. The van der Waals surface area contributed by atoms with Gasteiger partial charge in [0, 0.05) is 26.2 Å². The van der Waals surface area contributed by atoms with Gasteiger partial charge in [0.1, 0.15) is 5.75 Å². The van der Waals surface area contributed by atoms with Crippen LogP contribution in [0, 0.1) is 5.92 Å². The second-order valence-corrected chi connectivity index (χ2v) is 6.05. The van der Waals surface area contributed by atoms with E-state index in [0.717, 1.165) is 19.6 Å². The topological polar surface area (TPSA) is 50.8 Å². The number of ether oxygens (including phenoxy) is 2. The van der Waals surface area contributed by atoms with Crippen LogP contribution < -0.4 is 10.1 Å². The fraction of sp³-hybridized carbons (Fsp3) is 0.588. The molecular formula is C17H24N2O3. The fourth-order valence-electron chi connectivity index (χ4n) is 2.83. The van der Waals surface area contributed by atoms with Crippen molar-refractivity contribution in [1.29, 1.82) is 0 Å². The van der Waals surface area contributed by atoms with Gasteiger partial charge in [0.15, 0.2) is 0 Å². The lowest BCUT2D eigenvalue weighted by molar-refractivity contribution is 0.00560. The zero-order valence-electron chi connectivity index (χ0n) is 13.1. The molecule has 1 atom stereocenters. The molecule has 1 amide bonds. The summed E-state index contributed by atoms with van der Waals surface area (Å²) >= 11 is 0. The largest absolute Gasteiger partial charge is 0.496 e. The molecule has 22 heavy (non-hydrogen) atoms. The Morgan fingerprint density at radius 1 is 1.36 bits per heavy atom. The van der Waals surface area contributed by atoms with Gasteiger partial charge in [-0.15, -0.1) is 0 Å². The lowest BCUT2D eigenvalue weighted by atomic mass is 10.1. The zero-order valence-corrected chi connectivity index (χ0v) is 13.1. The van der Waals surface area contributed by atoms with E-state index in [1.807, 2.05) is 29.2 Å². The molecule has 120 valence electrons. The molecule has 1 saturated heterocycles. The van der Waals surface area contributed by atoms with Crippen LogP contribution in [0.4, 0.5) is 0 Å². The molecule has 1 unspecified atom stereocenters. The van der Waals surface area contributed by atoms with E-state index in [0.29, 0.717) is 30.4 Å². The Kier molecular flexibility index (Phi) is 4.95. The van der Waals surface area contributed by atoms with Crippen LogP contribution in [0.3, 0.4) is 0 Å². The van der Waals surface area contributed by atoms with Crippen molar-refractivity contribution in [3.05, 3.63) is 29.8 Å². The fourth-order valence-corrected chi connectivity index (χ4v) is 2.83. The van der Waals surface area contributed by atoms with E-state index in [-0.39, 0.29) is 12.0 Å². The van der Waals surface area contributed by atoms with E-state index < -0.39 is 0 Å². The monoisotopic (exact) mass is 304 g/mol. The molecule has 1 aromatic rings. The third kappa shape index (κ3) is 3.78. The van der Waals surface area contributed by atoms with Crippen LogP contribution in [0.5, 0.6) is 5.75 Å². The summed E-state index contributed by atoms with van der Waals surface area (Å²) in [5.41, 5.74) is 0.634. The molecule has 1 N–H and O–H groups in total. The number of morpholine rings is 1. The van der Waals surface area contributed by atoms with Crippen molar-refractivity contribution in [2.24, 2.45) is 5.92 Å². The highest BCUT2D eigenvalue weighted by Gasteiger charge is 2.30. The molecule has 2 fully saturated rings.